The molecule has 0 aromatic carbocycles. The number of rotatable bonds is 6. The second kappa shape index (κ2) is 8.07. The third-order valence-corrected chi connectivity index (χ3v) is 2.43. The molecule has 0 radical (unpaired) electrons. The van der Waals surface area contributed by atoms with Crippen molar-refractivity contribution in [1.29, 1.82) is 0 Å². The van der Waals surface area contributed by atoms with Crippen molar-refractivity contribution >= 4 is 14.4 Å². The van der Waals surface area contributed by atoms with Crippen molar-refractivity contribution < 1.29 is 28.0 Å². The quantitative estimate of drug-likeness (QED) is 0.480. The summed E-state index contributed by atoms with van der Waals surface area (Å²) < 4.78 is 31.9. The zero-order valence-electron chi connectivity index (χ0n) is 9.97. The van der Waals surface area contributed by atoms with Crippen LogP contribution in [0.5, 0.6) is 0 Å². The van der Waals surface area contributed by atoms with Gasteiger partial charge in [0.05, 0.1) is 19.7 Å². The molecule has 0 aliphatic carbocycles. The van der Waals surface area contributed by atoms with E-state index in [9.17, 15) is 0 Å². The van der Waals surface area contributed by atoms with E-state index < -0.39 is 7.32 Å². The van der Waals surface area contributed by atoms with Crippen molar-refractivity contribution in [3.8, 4) is 0 Å². The molecule has 2 aliphatic rings. The van der Waals surface area contributed by atoms with Crippen LogP contribution in [0.15, 0.2) is 0 Å². The van der Waals surface area contributed by atoms with Crippen molar-refractivity contribution in [2.45, 2.75) is 12.8 Å². The molecule has 8 heteroatoms. The van der Waals surface area contributed by atoms with Crippen LogP contribution in [0, 0.1) is 0 Å². The molecule has 6 nitrogen and oxygen atoms in total. The standard InChI is InChI=1S/C9H18B2O6/c1(3-13-10-9-12-7-8-14-10)4-15-11-16-5-2-6-17-11/h1-9H2. The summed E-state index contributed by atoms with van der Waals surface area (Å²) in [6, 6.07) is 0. The molecule has 96 valence electrons. The van der Waals surface area contributed by atoms with Crippen LogP contribution in [0.25, 0.3) is 0 Å². The Labute approximate surface area is 102 Å². The highest BCUT2D eigenvalue weighted by Crippen LogP contribution is 2.03. The summed E-state index contributed by atoms with van der Waals surface area (Å²) in [5.41, 5.74) is 0. The smallest absolute Gasteiger partial charge is 0.410 e. The van der Waals surface area contributed by atoms with E-state index in [-0.39, 0.29) is 7.12 Å². The van der Waals surface area contributed by atoms with Crippen LogP contribution in [-0.4, -0.2) is 60.6 Å². The number of ether oxygens (including phenoxy) is 1. The summed E-state index contributed by atoms with van der Waals surface area (Å²) in [7, 11) is -0.732. The maximum Gasteiger partial charge on any atom is 0.639 e. The van der Waals surface area contributed by atoms with Crippen molar-refractivity contribution in [2.75, 3.05) is 46.1 Å². The normalized spacial score (nSPS) is 21.9. The summed E-state index contributed by atoms with van der Waals surface area (Å²) in [5.74, 6) is 0. The van der Waals surface area contributed by atoms with E-state index in [0.29, 0.717) is 46.1 Å². The van der Waals surface area contributed by atoms with E-state index in [2.05, 4.69) is 0 Å². The van der Waals surface area contributed by atoms with Crippen LogP contribution in [0.1, 0.15) is 12.8 Å². The fourth-order valence-electron chi connectivity index (χ4n) is 1.58. The lowest BCUT2D eigenvalue weighted by atomic mass is 9.91. The Morgan fingerprint density at radius 2 is 1.71 bits per heavy atom. The number of hydrogen-bond acceptors (Lipinski definition) is 6. The third-order valence-electron chi connectivity index (χ3n) is 2.43. The predicted octanol–water partition coefficient (Wildman–Crippen LogP) is -0.0943. The van der Waals surface area contributed by atoms with E-state index in [0.717, 1.165) is 12.8 Å². The van der Waals surface area contributed by atoms with E-state index in [1.807, 2.05) is 0 Å². The van der Waals surface area contributed by atoms with Crippen molar-refractivity contribution in [1.82, 2.24) is 0 Å². The van der Waals surface area contributed by atoms with E-state index >= 15 is 0 Å². The molecule has 0 aromatic rings. The highest BCUT2D eigenvalue weighted by molar-refractivity contribution is 6.44. The third kappa shape index (κ3) is 5.37. The molecule has 0 saturated carbocycles. The second-order valence-corrected chi connectivity index (χ2v) is 3.85. The average Bonchev–Trinajstić information content (AvgIpc) is 2.41. The lowest BCUT2D eigenvalue weighted by Gasteiger charge is -2.20. The fourth-order valence-corrected chi connectivity index (χ4v) is 1.58. The maximum atomic E-state index is 5.46. The molecule has 0 N–H and O–H groups in total. The average molecular weight is 244 g/mol. The molecule has 2 fully saturated rings. The minimum Gasteiger partial charge on any atom is -0.410 e. The largest absolute Gasteiger partial charge is 0.639 e. The topological polar surface area (TPSA) is 55.4 Å². The molecule has 0 aromatic heterocycles. The first-order valence-corrected chi connectivity index (χ1v) is 6.11. The molecule has 0 bridgehead atoms. The van der Waals surface area contributed by atoms with E-state index in [1.54, 1.807) is 0 Å². The van der Waals surface area contributed by atoms with Gasteiger partial charge >= 0.3 is 14.4 Å². The first-order valence-electron chi connectivity index (χ1n) is 6.11. The Morgan fingerprint density at radius 3 is 2.47 bits per heavy atom. The van der Waals surface area contributed by atoms with Crippen LogP contribution in [0.2, 0.25) is 0 Å². The van der Waals surface area contributed by atoms with Crippen LogP contribution in [-0.2, 0) is 28.0 Å². The van der Waals surface area contributed by atoms with Gasteiger partial charge < -0.3 is 28.0 Å². The van der Waals surface area contributed by atoms with Gasteiger partial charge in [0, 0.05) is 26.4 Å². The summed E-state index contributed by atoms with van der Waals surface area (Å²) in [4.78, 5) is 0. The minimum atomic E-state index is -0.502. The van der Waals surface area contributed by atoms with Gasteiger partial charge in [-0.25, -0.2) is 0 Å². The molecule has 0 spiro atoms. The van der Waals surface area contributed by atoms with Crippen molar-refractivity contribution in [3.05, 3.63) is 0 Å². The Bertz CT molecular complexity index is 176. The van der Waals surface area contributed by atoms with Crippen LogP contribution in [0.4, 0.5) is 0 Å². The van der Waals surface area contributed by atoms with Crippen LogP contribution >= 0.6 is 0 Å². The molecule has 17 heavy (non-hydrogen) atoms. The highest BCUT2D eigenvalue weighted by atomic mass is 16.7. The predicted molar refractivity (Wildman–Crippen MR) is 61.3 cm³/mol. The summed E-state index contributed by atoms with van der Waals surface area (Å²) in [5, 5.41) is 0. The van der Waals surface area contributed by atoms with Gasteiger partial charge in [-0.3, -0.25) is 0 Å². The number of hydrogen-bond donors (Lipinski definition) is 0. The maximum absolute atomic E-state index is 5.46. The second-order valence-electron chi connectivity index (χ2n) is 3.85. The van der Waals surface area contributed by atoms with Crippen LogP contribution in [0.3, 0.4) is 0 Å². The molecule has 0 amide bonds. The van der Waals surface area contributed by atoms with Crippen LogP contribution < -0.4 is 0 Å². The zero-order chi connectivity index (χ0) is 11.8. The van der Waals surface area contributed by atoms with Gasteiger partial charge in [0.2, 0.25) is 0 Å². The van der Waals surface area contributed by atoms with Crippen molar-refractivity contribution in [2.24, 2.45) is 0 Å². The first-order chi connectivity index (χ1) is 8.45. The summed E-state index contributed by atoms with van der Waals surface area (Å²) in [6.07, 6.45) is 1.71. The van der Waals surface area contributed by atoms with Crippen molar-refractivity contribution in [3.63, 3.8) is 0 Å². The van der Waals surface area contributed by atoms with Gasteiger partial charge in [0.1, 0.15) is 0 Å². The monoisotopic (exact) mass is 244 g/mol. The molecular formula is C9H18B2O6. The Morgan fingerprint density at radius 1 is 0.882 bits per heavy atom. The van der Waals surface area contributed by atoms with Gasteiger partial charge in [-0.05, 0) is 12.8 Å². The van der Waals surface area contributed by atoms with Gasteiger partial charge in [-0.1, -0.05) is 0 Å². The minimum absolute atomic E-state index is 0.231. The molecule has 2 heterocycles. The van der Waals surface area contributed by atoms with Gasteiger partial charge in [-0.2, -0.15) is 0 Å². The molecule has 2 saturated heterocycles. The first kappa shape index (κ1) is 13.3. The molecular weight excluding hydrogens is 226 g/mol. The van der Waals surface area contributed by atoms with E-state index in [1.165, 1.54) is 0 Å². The molecule has 0 unspecified atom stereocenters. The summed E-state index contributed by atoms with van der Waals surface area (Å²) in [6.45, 7) is 4.31. The highest BCUT2D eigenvalue weighted by Gasteiger charge is 2.25. The lowest BCUT2D eigenvalue weighted by molar-refractivity contribution is 0.0385. The Balaban J connectivity index is 1.42. The fraction of sp³-hybridized carbons (Fsp3) is 1.00. The van der Waals surface area contributed by atoms with Gasteiger partial charge in [-0.15, -0.1) is 0 Å². The molecule has 2 rings (SSSR count). The Kier molecular flexibility index (Phi) is 6.33. The zero-order valence-corrected chi connectivity index (χ0v) is 9.97. The lowest BCUT2D eigenvalue weighted by Crippen LogP contribution is -2.36. The summed E-state index contributed by atoms with van der Waals surface area (Å²) >= 11 is 0. The van der Waals surface area contributed by atoms with Gasteiger partial charge in [0.15, 0.2) is 0 Å². The molecule has 2 aliphatic heterocycles. The Hall–Kier alpha value is -0.110. The SMILES string of the molecule is C(COB1COCCO1)COB1OCCCO1. The van der Waals surface area contributed by atoms with E-state index in [4.69, 9.17) is 28.0 Å². The van der Waals surface area contributed by atoms with Gasteiger partial charge in [0.25, 0.3) is 0 Å². The molecule has 0 atom stereocenters.